The Hall–Kier alpha value is -5.44. The van der Waals surface area contributed by atoms with Crippen LogP contribution < -0.4 is 22.1 Å². The van der Waals surface area contributed by atoms with Crippen LogP contribution >= 0.6 is 11.6 Å². The standard InChI is InChI=1S/C38H36ClFN6O4/c39-29-12-14-30(15-13-29)44-35(49)45-37(18-17-24-9-10-24,27-8-4-5-25(19-27)21-41)28-11-16-32(40)31(20-28)38(33(42)47)22-36(50,23-46(38)34(43)48)26-6-2-1-3-7-26/h1-8,11-16,19-20,24,50H,9-10,17-18,22-23H2,(H2,42,47)(H2,43,48)(H2,44,45,49). The number of carbonyl (C=O) groups is 3. The van der Waals surface area contributed by atoms with Gasteiger partial charge >= 0.3 is 12.1 Å². The number of likely N-dealkylation sites (tertiary alicyclic amines) is 1. The van der Waals surface area contributed by atoms with Gasteiger partial charge in [0.2, 0.25) is 5.91 Å². The number of nitrogens with two attached hydrogens (primary N) is 2. The lowest BCUT2D eigenvalue weighted by Gasteiger charge is -2.39. The van der Waals surface area contributed by atoms with Crippen LogP contribution in [0.2, 0.25) is 5.02 Å². The molecule has 10 nitrogen and oxygen atoms in total. The van der Waals surface area contributed by atoms with Crippen molar-refractivity contribution >= 4 is 35.3 Å². The fourth-order valence-corrected chi connectivity index (χ4v) is 7.24. The highest BCUT2D eigenvalue weighted by Gasteiger charge is 2.60. The Morgan fingerprint density at radius 1 is 0.980 bits per heavy atom. The molecule has 2 aliphatic rings. The number of benzene rings is 4. The molecule has 4 aromatic carbocycles. The summed E-state index contributed by atoms with van der Waals surface area (Å²) in [4.78, 5) is 41.4. The van der Waals surface area contributed by atoms with Gasteiger partial charge in [0.25, 0.3) is 0 Å². The Morgan fingerprint density at radius 3 is 2.32 bits per heavy atom. The Labute approximate surface area is 293 Å². The number of aliphatic hydroxyl groups is 1. The molecule has 6 rings (SSSR count). The molecule has 2 fully saturated rings. The van der Waals surface area contributed by atoms with Crippen LogP contribution in [0.1, 0.15) is 59.9 Å². The number of nitriles is 1. The summed E-state index contributed by atoms with van der Waals surface area (Å²) in [6, 6.07) is 26.2. The molecule has 1 aliphatic carbocycles. The van der Waals surface area contributed by atoms with Crippen LogP contribution in [0, 0.1) is 23.1 Å². The van der Waals surface area contributed by atoms with Gasteiger partial charge in [0, 0.05) is 22.7 Å². The quantitative estimate of drug-likeness (QED) is 0.138. The molecule has 0 spiro atoms. The molecule has 1 aliphatic heterocycles. The van der Waals surface area contributed by atoms with Crippen LogP contribution in [0.4, 0.5) is 19.7 Å². The van der Waals surface area contributed by atoms with E-state index in [4.69, 9.17) is 23.1 Å². The van der Waals surface area contributed by atoms with Crippen LogP contribution in [-0.4, -0.2) is 34.5 Å². The minimum atomic E-state index is -2.21. The van der Waals surface area contributed by atoms with Crippen molar-refractivity contribution in [1.29, 1.82) is 5.26 Å². The first-order valence-electron chi connectivity index (χ1n) is 16.2. The summed E-state index contributed by atoms with van der Waals surface area (Å²) in [6.45, 7) is -0.433. The van der Waals surface area contributed by atoms with E-state index in [1.165, 1.54) is 12.1 Å². The van der Waals surface area contributed by atoms with Gasteiger partial charge in [0.15, 0.2) is 5.54 Å². The maximum atomic E-state index is 16.3. The van der Waals surface area contributed by atoms with Crippen molar-refractivity contribution in [3.63, 3.8) is 0 Å². The van der Waals surface area contributed by atoms with Crippen molar-refractivity contribution in [2.24, 2.45) is 17.4 Å². The highest BCUT2D eigenvalue weighted by Crippen LogP contribution is 2.50. The predicted octanol–water partition coefficient (Wildman–Crippen LogP) is 5.96. The van der Waals surface area contributed by atoms with E-state index in [1.807, 2.05) is 0 Å². The summed E-state index contributed by atoms with van der Waals surface area (Å²) in [5.74, 6) is -1.57. The molecule has 12 heteroatoms. The van der Waals surface area contributed by atoms with Gasteiger partial charge in [-0.3, -0.25) is 4.79 Å². The van der Waals surface area contributed by atoms with E-state index in [0.29, 0.717) is 51.7 Å². The maximum absolute atomic E-state index is 16.3. The van der Waals surface area contributed by atoms with Gasteiger partial charge in [-0.1, -0.05) is 73.0 Å². The minimum absolute atomic E-state index is 0.291. The number of anilines is 1. The third kappa shape index (κ3) is 6.47. The molecule has 7 N–H and O–H groups in total. The zero-order valence-electron chi connectivity index (χ0n) is 27.0. The summed E-state index contributed by atoms with van der Waals surface area (Å²) in [5, 5.41) is 28.2. The van der Waals surface area contributed by atoms with Crippen LogP contribution in [0.25, 0.3) is 0 Å². The molecule has 0 radical (unpaired) electrons. The molecule has 50 heavy (non-hydrogen) atoms. The average molecular weight is 695 g/mol. The van der Waals surface area contributed by atoms with E-state index in [0.717, 1.165) is 23.8 Å². The summed E-state index contributed by atoms with van der Waals surface area (Å²) < 4.78 is 16.3. The van der Waals surface area contributed by atoms with E-state index in [1.54, 1.807) is 78.9 Å². The first kappa shape index (κ1) is 34.4. The molecule has 0 bridgehead atoms. The molecule has 4 aromatic rings. The smallest absolute Gasteiger partial charge is 0.320 e. The van der Waals surface area contributed by atoms with Crippen molar-refractivity contribution in [3.05, 3.63) is 136 Å². The molecule has 1 saturated carbocycles. The third-order valence-corrected chi connectivity index (χ3v) is 10.1. The van der Waals surface area contributed by atoms with Gasteiger partial charge in [-0.25, -0.2) is 14.0 Å². The Bertz CT molecular complexity index is 1990. The fraction of sp³-hybridized carbons (Fsp3) is 0.263. The van der Waals surface area contributed by atoms with Gasteiger partial charge in [-0.2, -0.15) is 5.26 Å². The number of carbonyl (C=O) groups excluding carboxylic acids is 3. The van der Waals surface area contributed by atoms with Crippen LogP contribution in [0.5, 0.6) is 0 Å². The van der Waals surface area contributed by atoms with Gasteiger partial charge in [0.1, 0.15) is 11.4 Å². The number of amides is 5. The number of primary amides is 2. The van der Waals surface area contributed by atoms with Gasteiger partial charge in [-0.15, -0.1) is 0 Å². The van der Waals surface area contributed by atoms with E-state index in [2.05, 4.69) is 16.7 Å². The minimum Gasteiger partial charge on any atom is -0.383 e. The molecule has 3 atom stereocenters. The second-order valence-electron chi connectivity index (χ2n) is 13.1. The van der Waals surface area contributed by atoms with Crippen LogP contribution in [-0.2, 0) is 21.5 Å². The second kappa shape index (κ2) is 13.5. The Morgan fingerprint density at radius 2 is 1.68 bits per heavy atom. The normalized spacial score (nSPS) is 21.1. The van der Waals surface area contributed by atoms with Crippen molar-refractivity contribution < 1.29 is 23.9 Å². The topological polar surface area (TPSA) is 175 Å². The number of halogens is 2. The molecular weight excluding hydrogens is 659 g/mol. The zero-order valence-corrected chi connectivity index (χ0v) is 27.8. The monoisotopic (exact) mass is 694 g/mol. The third-order valence-electron chi connectivity index (χ3n) is 9.86. The first-order chi connectivity index (χ1) is 23.9. The maximum Gasteiger partial charge on any atom is 0.320 e. The summed E-state index contributed by atoms with van der Waals surface area (Å²) in [5.41, 5.74) is 8.27. The van der Waals surface area contributed by atoms with Crippen molar-refractivity contribution in [1.82, 2.24) is 10.2 Å². The van der Waals surface area contributed by atoms with Crippen molar-refractivity contribution in [2.45, 2.75) is 48.8 Å². The Balaban J connectivity index is 1.54. The number of nitrogens with zero attached hydrogens (tertiary/aromatic N) is 2. The van der Waals surface area contributed by atoms with Crippen LogP contribution in [0.15, 0.2) is 97.1 Å². The number of rotatable bonds is 10. The van der Waals surface area contributed by atoms with Gasteiger partial charge < -0.3 is 32.1 Å². The molecule has 1 heterocycles. The van der Waals surface area contributed by atoms with Crippen LogP contribution in [0.3, 0.4) is 0 Å². The molecule has 5 amide bonds. The number of β-amino-alcohol motifs (C(OH)–C–C–N with tert-alkyl or cyclic N) is 1. The second-order valence-corrected chi connectivity index (χ2v) is 13.5. The SMILES string of the molecule is N#Cc1cccc(C(CCC2CC2)(NC(=O)Nc2ccc(Cl)cc2)c2ccc(F)c(C3(C(N)=O)CC(O)(c4ccccc4)CN3C(N)=O)c2)c1. The fourth-order valence-electron chi connectivity index (χ4n) is 7.11. The summed E-state index contributed by atoms with van der Waals surface area (Å²) >= 11 is 6.05. The lowest BCUT2D eigenvalue weighted by molar-refractivity contribution is -0.128. The number of urea groups is 2. The lowest BCUT2D eigenvalue weighted by Crippen LogP contribution is -2.56. The molecule has 1 saturated heterocycles. The average Bonchev–Trinajstić information content (AvgIpc) is 3.88. The molecular formula is C38H36ClFN6O4. The molecule has 3 unspecified atom stereocenters. The van der Waals surface area contributed by atoms with Gasteiger partial charge in [-0.05, 0) is 84.0 Å². The molecule has 256 valence electrons. The van der Waals surface area contributed by atoms with E-state index < -0.39 is 53.4 Å². The number of nitrogens with one attached hydrogen (secondary N) is 2. The highest BCUT2D eigenvalue weighted by molar-refractivity contribution is 6.30. The summed E-state index contributed by atoms with van der Waals surface area (Å²) in [7, 11) is 0. The van der Waals surface area contributed by atoms with Gasteiger partial charge in [0.05, 0.1) is 23.7 Å². The van der Waals surface area contributed by atoms with E-state index in [9.17, 15) is 24.8 Å². The van der Waals surface area contributed by atoms with Crippen molar-refractivity contribution in [3.8, 4) is 6.07 Å². The number of hydrogen-bond acceptors (Lipinski definition) is 5. The predicted molar refractivity (Wildman–Crippen MR) is 186 cm³/mol. The first-order valence-corrected chi connectivity index (χ1v) is 16.6. The lowest BCUT2D eigenvalue weighted by atomic mass is 9.74. The molecule has 0 aromatic heterocycles. The van der Waals surface area contributed by atoms with Crippen molar-refractivity contribution in [2.75, 3.05) is 11.9 Å². The zero-order chi connectivity index (χ0) is 35.7. The number of hydrogen-bond donors (Lipinski definition) is 5. The van der Waals surface area contributed by atoms with E-state index in [-0.39, 0.29) is 5.56 Å². The summed E-state index contributed by atoms with van der Waals surface area (Å²) in [6.07, 6.45) is 2.55. The van der Waals surface area contributed by atoms with E-state index >= 15 is 4.39 Å². The largest absolute Gasteiger partial charge is 0.383 e. The highest BCUT2D eigenvalue weighted by atomic mass is 35.5. The Kier molecular flexibility index (Phi) is 9.27.